The largest absolute Gasteiger partial charge is 0.392 e. The van der Waals surface area contributed by atoms with Crippen molar-refractivity contribution in [3.8, 4) is 0 Å². The molecule has 1 aliphatic heterocycles. The monoisotopic (exact) mass is 154 g/mol. The summed E-state index contributed by atoms with van der Waals surface area (Å²) in [6, 6.07) is 0. The highest BCUT2D eigenvalue weighted by molar-refractivity contribution is 5.83. The first-order valence-electron chi connectivity index (χ1n) is 3.89. The highest BCUT2D eigenvalue weighted by Crippen LogP contribution is 2.01. The number of hydrogen-bond donors (Lipinski definition) is 2. The third-order valence-corrected chi connectivity index (χ3v) is 1.61. The molecule has 1 rings (SSSR count). The number of amidine groups is 1. The molecule has 62 valence electrons. The Morgan fingerprint density at radius 1 is 1.82 bits per heavy atom. The van der Waals surface area contributed by atoms with Crippen molar-refractivity contribution < 1.29 is 5.11 Å². The van der Waals surface area contributed by atoms with Gasteiger partial charge in [0.25, 0.3) is 0 Å². The molecule has 0 radical (unpaired) electrons. The van der Waals surface area contributed by atoms with Gasteiger partial charge in [0.1, 0.15) is 0 Å². The fourth-order valence-corrected chi connectivity index (χ4v) is 1.08. The lowest BCUT2D eigenvalue weighted by atomic mass is 10.2. The molecular weight excluding hydrogens is 140 g/mol. The summed E-state index contributed by atoms with van der Waals surface area (Å²) in [6.07, 6.45) is 2.67. The van der Waals surface area contributed by atoms with Gasteiger partial charge in [0.2, 0.25) is 0 Å². The summed E-state index contributed by atoms with van der Waals surface area (Å²) in [7, 11) is 0. The van der Waals surface area contributed by atoms with Gasteiger partial charge in [0.15, 0.2) is 0 Å². The Hall–Kier alpha value is -0.830. The van der Waals surface area contributed by atoms with Gasteiger partial charge >= 0.3 is 0 Å². The fraction of sp³-hybridized carbons (Fsp3) is 0.625. The zero-order valence-electron chi connectivity index (χ0n) is 6.58. The van der Waals surface area contributed by atoms with Crippen molar-refractivity contribution in [2.75, 3.05) is 13.1 Å². The molecule has 2 N–H and O–H groups in total. The Morgan fingerprint density at radius 2 is 2.64 bits per heavy atom. The van der Waals surface area contributed by atoms with Crippen LogP contribution < -0.4 is 5.32 Å². The fourth-order valence-electron chi connectivity index (χ4n) is 1.08. The predicted molar refractivity (Wildman–Crippen MR) is 45.7 cm³/mol. The Labute approximate surface area is 66.8 Å². The van der Waals surface area contributed by atoms with Crippen molar-refractivity contribution in [3.05, 3.63) is 12.7 Å². The zero-order chi connectivity index (χ0) is 8.10. The third kappa shape index (κ3) is 2.72. The van der Waals surface area contributed by atoms with Crippen LogP contribution in [0.1, 0.15) is 12.8 Å². The second-order valence-corrected chi connectivity index (χ2v) is 2.64. The number of nitrogens with one attached hydrogen (secondary N) is 1. The summed E-state index contributed by atoms with van der Waals surface area (Å²) in [4.78, 5) is 4.17. The van der Waals surface area contributed by atoms with E-state index in [4.69, 9.17) is 0 Å². The number of rotatable bonds is 4. The first kappa shape index (κ1) is 8.27. The van der Waals surface area contributed by atoms with Crippen LogP contribution in [0, 0.1) is 0 Å². The average Bonchev–Trinajstić information content (AvgIpc) is 2.40. The van der Waals surface area contributed by atoms with Gasteiger partial charge in [0, 0.05) is 13.0 Å². The van der Waals surface area contributed by atoms with Crippen molar-refractivity contribution in [1.29, 1.82) is 0 Å². The van der Waals surface area contributed by atoms with Crippen LogP contribution >= 0.6 is 0 Å². The number of aliphatic hydroxyl groups is 1. The van der Waals surface area contributed by atoms with E-state index >= 15 is 0 Å². The van der Waals surface area contributed by atoms with E-state index in [-0.39, 0.29) is 6.10 Å². The zero-order valence-corrected chi connectivity index (χ0v) is 6.58. The quantitative estimate of drug-likeness (QED) is 0.573. The van der Waals surface area contributed by atoms with E-state index in [1.165, 1.54) is 0 Å². The predicted octanol–water partition coefficient (Wildman–Crippen LogP) is 0.315. The smallest absolute Gasteiger partial charge is 0.0990 e. The maximum Gasteiger partial charge on any atom is 0.0990 e. The molecule has 0 fully saturated rings. The molecule has 1 heterocycles. The van der Waals surface area contributed by atoms with Crippen LogP contribution in [0.4, 0.5) is 0 Å². The molecule has 0 spiro atoms. The average molecular weight is 154 g/mol. The molecular formula is C8H14N2O. The second kappa shape index (κ2) is 4.13. The normalized spacial score (nSPS) is 18.8. The van der Waals surface area contributed by atoms with Gasteiger partial charge in [-0.25, -0.2) is 0 Å². The van der Waals surface area contributed by atoms with E-state index in [0.717, 1.165) is 18.9 Å². The van der Waals surface area contributed by atoms with E-state index in [1.807, 2.05) is 0 Å². The van der Waals surface area contributed by atoms with Gasteiger partial charge in [-0.1, -0.05) is 6.08 Å². The first-order chi connectivity index (χ1) is 5.33. The SMILES string of the molecule is C=CCC(O)CC1=NCCN1. The molecule has 0 aliphatic carbocycles. The van der Waals surface area contributed by atoms with Crippen molar-refractivity contribution in [1.82, 2.24) is 5.32 Å². The minimum Gasteiger partial charge on any atom is -0.392 e. The molecule has 0 aromatic heterocycles. The maximum absolute atomic E-state index is 9.32. The Kier molecular flexibility index (Phi) is 3.11. The summed E-state index contributed by atoms with van der Waals surface area (Å²) in [6.45, 7) is 5.31. The molecule has 0 bridgehead atoms. The molecule has 1 aliphatic rings. The molecule has 11 heavy (non-hydrogen) atoms. The van der Waals surface area contributed by atoms with Crippen LogP contribution in [-0.4, -0.2) is 30.1 Å². The summed E-state index contributed by atoms with van der Waals surface area (Å²) in [5.74, 6) is 0.930. The first-order valence-corrected chi connectivity index (χ1v) is 3.89. The van der Waals surface area contributed by atoms with E-state index in [0.29, 0.717) is 12.8 Å². The van der Waals surface area contributed by atoms with Crippen molar-refractivity contribution in [2.45, 2.75) is 18.9 Å². The summed E-state index contributed by atoms with van der Waals surface area (Å²) in [5, 5.41) is 12.4. The highest BCUT2D eigenvalue weighted by atomic mass is 16.3. The van der Waals surface area contributed by atoms with Crippen LogP contribution in [0.2, 0.25) is 0 Å². The van der Waals surface area contributed by atoms with Gasteiger partial charge in [-0.15, -0.1) is 6.58 Å². The molecule has 0 saturated carbocycles. The number of nitrogens with zero attached hydrogens (tertiary/aromatic N) is 1. The van der Waals surface area contributed by atoms with E-state index < -0.39 is 0 Å². The Balaban J connectivity index is 2.23. The van der Waals surface area contributed by atoms with E-state index in [9.17, 15) is 5.11 Å². The molecule has 0 amide bonds. The van der Waals surface area contributed by atoms with Crippen LogP contribution in [0.25, 0.3) is 0 Å². The Bertz CT molecular complexity index is 165. The van der Waals surface area contributed by atoms with Gasteiger partial charge in [-0.05, 0) is 6.42 Å². The van der Waals surface area contributed by atoms with Crippen molar-refractivity contribution in [2.24, 2.45) is 4.99 Å². The van der Waals surface area contributed by atoms with Gasteiger partial charge < -0.3 is 10.4 Å². The van der Waals surface area contributed by atoms with Crippen LogP contribution in [-0.2, 0) is 0 Å². The summed E-state index contributed by atoms with van der Waals surface area (Å²) >= 11 is 0. The molecule has 1 atom stereocenters. The maximum atomic E-state index is 9.32. The van der Waals surface area contributed by atoms with Gasteiger partial charge in [-0.3, -0.25) is 4.99 Å². The lowest BCUT2D eigenvalue weighted by Gasteiger charge is -2.07. The van der Waals surface area contributed by atoms with Crippen LogP contribution in [0.15, 0.2) is 17.6 Å². The topological polar surface area (TPSA) is 44.6 Å². The molecule has 0 aromatic rings. The van der Waals surface area contributed by atoms with Gasteiger partial charge in [-0.2, -0.15) is 0 Å². The third-order valence-electron chi connectivity index (χ3n) is 1.61. The minimum absolute atomic E-state index is 0.322. The van der Waals surface area contributed by atoms with Crippen molar-refractivity contribution in [3.63, 3.8) is 0 Å². The lowest BCUT2D eigenvalue weighted by molar-refractivity contribution is 0.185. The Morgan fingerprint density at radius 3 is 3.18 bits per heavy atom. The second-order valence-electron chi connectivity index (χ2n) is 2.64. The number of hydrogen-bond acceptors (Lipinski definition) is 3. The molecule has 0 aromatic carbocycles. The minimum atomic E-state index is -0.322. The van der Waals surface area contributed by atoms with Gasteiger partial charge in [0.05, 0.1) is 18.5 Å². The standard InChI is InChI=1S/C8H14N2O/c1-2-3-7(11)6-8-9-4-5-10-8/h2,7,11H,1,3-6H2,(H,9,10). The number of aliphatic imine (C=N–C) groups is 1. The number of aliphatic hydroxyl groups excluding tert-OH is 1. The van der Waals surface area contributed by atoms with Crippen molar-refractivity contribution >= 4 is 5.84 Å². The van der Waals surface area contributed by atoms with Crippen LogP contribution in [0.3, 0.4) is 0 Å². The lowest BCUT2D eigenvalue weighted by Crippen LogP contribution is -2.23. The van der Waals surface area contributed by atoms with Crippen LogP contribution in [0.5, 0.6) is 0 Å². The summed E-state index contributed by atoms with van der Waals surface area (Å²) in [5.41, 5.74) is 0. The molecule has 3 nitrogen and oxygen atoms in total. The molecule has 1 unspecified atom stereocenters. The van der Waals surface area contributed by atoms with E-state index in [2.05, 4.69) is 16.9 Å². The molecule has 0 saturated heterocycles. The molecule has 3 heteroatoms. The van der Waals surface area contributed by atoms with E-state index in [1.54, 1.807) is 6.08 Å². The summed E-state index contributed by atoms with van der Waals surface area (Å²) < 4.78 is 0. The highest BCUT2D eigenvalue weighted by Gasteiger charge is 2.09.